The first-order valence-electron chi connectivity index (χ1n) is 11.7. The lowest BCUT2D eigenvalue weighted by Crippen LogP contribution is -2.11. The molecule has 0 amide bonds. The van der Waals surface area contributed by atoms with Crippen molar-refractivity contribution in [2.45, 2.75) is 58.8 Å². The highest BCUT2D eigenvalue weighted by Gasteiger charge is 2.15. The van der Waals surface area contributed by atoms with Gasteiger partial charge in [0, 0.05) is 24.0 Å². The van der Waals surface area contributed by atoms with Crippen molar-refractivity contribution in [2.75, 3.05) is 6.61 Å². The monoisotopic (exact) mass is 450 g/mol. The molecule has 3 rings (SSSR count). The Morgan fingerprint density at radius 3 is 2.24 bits per heavy atom. The molecule has 0 spiro atoms. The SMILES string of the molecule is CCCCCCCOc1ccc(C(=O)Oc2ccc(-c3ncc(CCC)cn3)cc2)c(F)c1. The molecule has 0 aliphatic heterocycles. The molecule has 0 radical (unpaired) electrons. The molecule has 0 aliphatic carbocycles. The highest BCUT2D eigenvalue weighted by atomic mass is 19.1. The number of aryl methyl sites for hydroxylation is 1. The van der Waals surface area contributed by atoms with Crippen molar-refractivity contribution in [2.24, 2.45) is 0 Å². The summed E-state index contributed by atoms with van der Waals surface area (Å²) in [5.74, 6) is -0.0982. The topological polar surface area (TPSA) is 61.3 Å². The quantitative estimate of drug-likeness (QED) is 0.172. The Kier molecular flexibility index (Phi) is 9.36. The predicted molar refractivity (Wildman–Crippen MR) is 127 cm³/mol. The average molecular weight is 451 g/mol. The van der Waals surface area contributed by atoms with E-state index in [0.29, 0.717) is 23.9 Å². The second-order valence-electron chi connectivity index (χ2n) is 7.98. The third-order valence-electron chi connectivity index (χ3n) is 5.24. The van der Waals surface area contributed by atoms with E-state index in [1.54, 1.807) is 30.3 Å². The first-order valence-corrected chi connectivity index (χ1v) is 11.7. The van der Waals surface area contributed by atoms with E-state index in [9.17, 15) is 9.18 Å². The second-order valence-corrected chi connectivity index (χ2v) is 7.98. The smallest absolute Gasteiger partial charge is 0.346 e. The van der Waals surface area contributed by atoms with Gasteiger partial charge in [-0.1, -0.05) is 46.0 Å². The van der Waals surface area contributed by atoms with Crippen LogP contribution in [0.3, 0.4) is 0 Å². The molecule has 174 valence electrons. The average Bonchev–Trinajstić information content (AvgIpc) is 2.82. The third-order valence-corrected chi connectivity index (χ3v) is 5.24. The van der Waals surface area contributed by atoms with Gasteiger partial charge in [-0.05, 0) is 54.8 Å². The number of hydrogen-bond donors (Lipinski definition) is 0. The molecule has 0 saturated carbocycles. The minimum atomic E-state index is -0.758. The van der Waals surface area contributed by atoms with Crippen LogP contribution >= 0.6 is 0 Å². The standard InChI is InChI=1S/C27H31FN2O3/c1-3-5-6-7-8-16-32-23-14-15-24(25(28)17-23)27(31)33-22-12-10-21(11-13-22)26-29-18-20(9-4-2)19-30-26/h10-15,17-19H,3-9,16H2,1-2H3. The van der Waals surface area contributed by atoms with Crippen LogP contribution in [0.2, 0.25) is 0 Å². The summed E-state index contributed by atoms with van der Waals surface area (Å²) in [6.45, 7) is 4.81. The van der Waals surface area contributed by atoms with Gasteiger partial charge in [-0.3, -0.25) is 0 Å². The van der Waals surface area contributed by atoms with Crippen LogP contribution in [0.5, 0.6) is 11.5 Å². The summed E-state index contributed by atoms with van der Waals surface area (Å²) in [5.41, 5.74) is 1.77. The van der Waals surface area contributed by atoms with Gasteiger partial charge in [0.1, 0.15) is 17.3 Å². The van der Waals surface area contributed by atoms with E-state index in [2.05, 4.69) is 23.8 Å². The maximum atomic E-state index is 14.5. The van der Waals surface area contributed by atoms with Crippen molar-refractivity contribution in [3.8, 4) is 22.9 Å². The van der Waals surface area contributed by atoms with E-state index < -0.39 is 11.8 Å². The van der Waals surface area contributed by atoms with Crippen LogP contribution < -0.4 is 9.47 Å². The van der Waals surface area contributed by atoms with Gasteiger partial charge in [0.05, 0.1) is 12.2 Å². The Morgan fingerprint density at radius 1 is 0.879 bits per heavy atom. The summed E-state index contributed by atoms with van der Waals surface area (Å²) in [4.78, 5) is 21.2. The highest BCUT2D eigenvalue weighted by molar-refractivity contribution is 5.91. The fraction of sp³-hybridized carbons (Fsp3) is 0.370. The summed E-state index contributed by atoms with van der Waals surface area (Å²) in [7, 11) is 0. The van der Waals surface area contributed by atoms with E-state index >= 15 is 0 Å². The fourth-order valence-electron chi connectivity index (χ4n) is 3.40. The summed E-state index contributed by atoms with van der Waals surface area (Å²) >= 11 is 0. The molecule has 5 nitrogen and oxygen atoms in total. The van der Waals surface area contributed by atoms with Gasteiger partial charge in [-0.25, -0.2) is 19.2 Å². The molecule has 2 aromatic carbocycles. The number of carbonyl (C=O) groups is 1. The zero-order valence-corrected chi connectivity index (χ0v) is 19.4. The molecule has 1 heterocycles. The molecule has 0 aliphatic rings. The van der Waals surface area contributed by atoms with Crippen molar-refractivity contribution < 1.29 is 18.7 Å². The van der Waals surface area contributed by atoms with Crippen molar-refractivity contribution >= 4 is 5.97 Å². The lowest BCUT2D eigenvalue weighted by Gasteiger charge is -2.09. The summed E-state index contributed by atoms with van der Waals surface area (Å²) < 4.78 is 25.4. The zero-order chi connectivity index (χ0) is 23.5. The summed E-state index contributed by atoms with van der Waals surface area (Å²) in [6.07, 6.45) is 11.2. The highest BCUT2D eigenvalue weighted by Crippen LogP contribution is 2.22. The minimum Gasteiger partial charge on any atom is -0.493 e. The molecule has 0 fully saturated rings. The number of unbranched alkanes of at least 4 members (excludes halogenated alkanes) is 4. The lowest BCUT2D eigenvalue weighted by atomic mass is 10.1. The van der Waals surface area contributed by atoms with E-state index in [1.807, 2.05) is 12.4 Å². The number of benzene rings is 2. The van der Waals surface area contributed by atoms with Crippen molar-refractivity contribution in [1.82, 2.24) is 9.97 Å². The van der Waals surface area contributed by atoms with Gasteiger partial charge in [-0.15, -0.1) is 0 Å². The Hall–Kier alpha value is -3.28. The van der Waals surface area contributed by atoms with Gasteiger partial charge in [0.25, 0.3) is 0 Å². The number of rotatable bonds is 12. The Bertz CT molecular complexity index is 1020. The molecule has 0 unspecified atom stereocenters. The third kappa shape index (κ3) is 7.38. The Balaban J connectivity index is 1.55. The molecule has 3 aromatic rings. The van der Waals surface area contributed by atoms with Crippen LogP contribution in [0.4, 0.5) is 4.39 Å². The first kappa shape index (κ1) is 24.4. The van der Waals surface area contributed by atoms with E-state index in [1.165, 1.54) is 31.4 Å². The largest absolute Gasteiger partial charge is 0.493 e. The van der Waals surface area contributed by atoms with Crippen LogP contribution in [0.15, 0.2) is 54.9 Å². The normalized spacial score (nSPS) is 10.8. The lowest BCUT2D eigenvalue weighted by molar-refractivity contribution is 0.0730. The molecule has 6 heteroatoms. The Morgan fingerprint density at radius 2 is 1.58 bits per heavy atom. The van der Waals surface area contributed by atoms with E-state index in [4.69, 9.17) is 9.47 Å². The van der Waals surface area contributed by atoms with Crippen LogP contribution in [-0.2, 0) is 6.42 Å². The van der Waals surface area contributed by atoms with E-state index in [-0.39, 0.29) is 5.56 Å². The summed E-state index contributed by atoms with van der Waals surface area (Å²) in [6, 6.07) is 11.0. The maximum Gasteiger partial charge on any atom is 0.346 e. The number of halogens is 1. The number of nitrogens with zero attached hydrogens (tertiary/aromatic N) is 2. The fourth-order valence-corrected chi connectivity index (χ4v) is 3.40. The van der Waals surface area contributed by atoms with Gasteiger partial charge in [-0.2, -0.15) is 0 Å². The van der Waals surface area contributed by atoms with Crippen LogP contribution in [-0.4, -0.2) is 22.5 Å². The van der Waals surface area contributed by atoms with E-state index in [0.717, 1.165) is 36.8 Å². The maximum absolute atomic E-state index is 14.5. The number of ether oxygens (including phenoxy) is 2. The summed E-state index contributed by atoms with van der Waals surface area (Å²) in [5, 5.41) is 0. The molecule has 0 atom stereocenters. The molecule has 0 bridgehead atoms. The van der Waals surface area contributed by atoms with Gasteiger partial charge in [0.15, 0.2) is 5.82 Å². The van der Waals surface area contributed by atoms with Crippen LogP contribution in [0.1, 0.15) is 68.3 Å². The predicted octanol–water partition coefficient (Wildman–Crippen LogP) is 6.80. The number of esters is 1. The molecular weight excluding hydrogens is 419 g/mol. The number of carbonyl (C=O) groups excluding carboxylic acids is 1. The minimum absolute atomic E-state index is 0.135. The van der Waals surface area contributed by atoms with Crippen molar-refractivity contribution in [3.63, 3.8) is 0 Å². The number of hydrogen-bond acceptors (Lipinski definition) is 5. The molecule has 0 saturated heterocycles. The van der Waals surface area contributed by atoms with Gasteiger partial charge < -0.3 is 9.47 Å². The van der Waals surface area contributed by atoms with Gasteiger partial charge >= 0.3 is 5.97 Å². The molecular formula is C27H31FN2O3. The van der Waals surface area contributed by atoms with Crippen molar-refractivity contribution in [3.05, 3.63) is 71.8 Å². The molecule has 0 N–H and O–H groups in total. The molecule has 33 heavy (non-hydrogen) atoms. The Labute approximate surface area is 195 Å². The second kappa shape index (κ2) is 12.7. The number of aromatic nitrogens is 2. The molecule has 1 aromatic heterocycles. The zero-order valence-electron chi connectivity index (χ0n) is 19.4. The van der Waals surface area contributed by atoms with Crippen molar-refractivity contribution in [1.29, 1.82) is 0 Å². The van der Waals surface area contributed by atoms with Crippen LogP contribution in [0.25, 0.3) is 11.4 Å². The van der Waals surface area contributed by atoms with Crippen LogP contribution in [0, 0.1) is 5.82 Å². The first-order chi connectivity index (χ1) is 16.1. The van der Waals surface area contributed by atoms with Gasteiger partial charge in [0.2, 0.25) is 0 Å².